The highest BCUT2D eigenvalue weighted by Gasteiger charge is 2.18. The van der Waals surface area contributed by atoms with Gasteiger partial charge in [-0.1, -0.05) is 17.7 Å². The van der Waals surface area contributed by atoms with E-state index in [9.17, 15) is 19.2 Å². The molecule has 0 spiro atoms. The smallest absolute Gasteiger partial charge is 0.229 e. The molecular weight excluding hydrogens is 419 g/mol. The Balaban J connectivity index is 1.87. The van der Waals surface area contributed by atoms with Crippen molar-refractivity contribution in [1.29, 1.82) is 5.26 Å². The van der Waals surface area contributed by atoms with Crippen LogP contribution in [0.2, 0.25) is 5.02 Å². The van der Waals surface area contributed by atoms with Crippen molar-refractivity contribution in [2.75, 3.05) is 10.2 Å². The van der Waals surface area contributed by atoms with Crippen LogP contribution in [0.4, 0.5) is 21.6 Å². The van der Waals surface area contributed by atoms with Gasteiger partial charge in [0.15, 0.2) is 0 Å². The van der Waals surface area contributed by atoms with Crippen LogP contribution in [0.25, 0.3) is 0 Å². The second kappa shape index (κ2) is 9.37. The molecular formula is C23H18ClFN4O2. The van der Waals surface area contributed by atoms with Gasteiger partial charge in [0.2, 0.25) is 11.8 Å². The molecule has 0 saturated carbocycles. The SMILES string of the molecule is CC(=O)N(c1cc(C)cc(C#N)c1)c1cc(NC(=O)Cc2c(F)cccc2Cl)ccn1. The highest BCUT2D eigenvalue weighted by Crippen LogP contribution is 2.28. The van der Waals surface area contributed by atoms with E-state index in [2.05, 4.69) is 16.4 Å². The lowest BCUT2D eigenvalue weighted by atomic mass is 10.1. The molecule has 0 saturated heterocycles. The Bertz CT molecular complexity index is 1190. The van der Waals surface area contributed by atoms with Gasteiger partial charge < -0.3 is 5.32 Å². The molecule has 156 valence electrons. The van der Waals surface area contributed by atoms with Crippen molar-refractivity contribution >= 4 is 40.6 Å². The molecule has 6 nitrogen and oxygen atoms in total. The first-order valence-electron chi connectivity index (χ1n) is 9.29. The van der Waals surface area contributed by atoms with E-state index in [0.29, 0.717) is 16.9 Å². The first-order chi connectivity index (χ1) is 14.8. The Morgan fingerprint density at radius 1 is 1.23 bits per heavy atom. The van der Waals surface area contributed by atoms with Crippen molar-refractivity contribution in [1.82, 2.24) is 4.98 Å². The molecule has 0 aliphatic carbocycles. The molecule has 1 heterocycles. The van der Waals surface area contributed by atoms with Crippen LogP contribution in [0.3, 0.4) is 0 Å². The minimum atomic E-state index is -0.562. The topological polar surface area (TPSA) is 86.1 Å². The highest BCUT2D eigenvalue weighted by molar-refractivity contribution is 6.31. The lowest BCUT2D eigenvalue weighted by Crippen LogP contribution is -2.24. The molecule has 0 bridgehead atoms. The molecule has 8 heteroatoms. The van der Waals surface area contributed by atoms with Gasteiger partial charge >= 0.3 is 0 Å². The van der Waals surface area contributed by atoms with E-state index in [1.165, 1.54) is 42.3 Å². The van der Waals surface area contributed by atoms with Gasteiger partial charge in [-0.3, -0.25) is 14.5 Å². The van der Waals surface area contributed by atoms with Crippen molar-refractivity contribution in [3.05, 3.63) is 82.3 Å². The van der Waals surface area contributed by atoms with Crippen molar-refractivity contribution in [3.8, 4) is 6.07 Å². The Labute approximate surface area is 183 Å². The van der Waals surface area contributed by atoms with Crippen LogP contribution in [0, 0.1) is 24.1 Å². The van der Waals surface area contributed by atoms with Crippen LogP contribution < -0.4 is 10.2 Å². The van der Waals surface area contributed by atoms with E-state index < -0.39 is 11.7 Å². The molecule has 0 radical (unpaired) electrons. The Hall–Kier alpha value is -3.76. The zero-order chi connectivity index (χ0) is 22.5. The number of nitrogens with one attached hydrogen (secondary N) is 1. The molecule has 2 amide bonds. The largest absolute Gasteiger partial charge is 0.326 e. The van der Waals surface area contributed by atoms with E-state index in [-0.39, 0.29) is 28.7 Å². The molecule has 1 aromatic heterocycles. The van der Waals surface area contributed by atoms with Crippen molar-refractivity contribution < 1.29 is 14.0 Å². The minimum Gasteiger partial charge on any atom is -0.326 e. The summed E-state index contributed by atoms with van der Waals surface area (Å²) in [5.41, 5.74) is 2.18. The van der Waals surface area contributed by atoms with Gasteiger partial charge in [-0.15, -0.1) is 0 Å². The molecule has 0 aliphatic rings. The van der Waals surface area contributed by atoms with Gasteiger partial charge in [0.25, 0.3) is 0 Å². The van der Waals surface area contributed by atoms with Crippen molar-refractivity contribution in [2.45, 2.75) is 20.3 Å². The van der Waals surface area contributed by atoms with Crippen LogP contribution in [0.5, 0.6) is 0 Å². The van der Waals surface area contributed by atoms with Crippen molar-refractivity contribution in [3.63, 3.8) is 0 Å². The van der Waals surface area contributed by atoms with Gasteiger partial charge in [-0.25, -0.2) is 9.37 Å². The molecule has 3 aromatic rings. The number of rotatable bonds is 5. The van der Waals surface area contributed by atoms with E-state index >= 15 is 0 Å². The number of hydrogen-bond donors (Lipinski definition) is 1. The molecule has 3 rings (SSSR count). The van der Waals surface area contributed by atoms with Crippen molar-refractivity contribution in [2.24, 2.45) is 0 Å². The van der Waals surface area contributed by atoms with Gasteiger partial charge in [0, 0.05) is 35.5 Å². The number of pyridine rings is 1. The summed E-state index contributed by atoms with van der Waals surface area (Å²) in [4.78, 5) is 30.4. The number of benzene rings is 2. The Kier molecular flexibility index (Phi) is 6.63. The van der Waals surface area contributed by atoms with Gasteiger partial charge in [-0.2, -0.15) is 5.26 Å². The highest BCUT2D eigenvalue weighted by atomic mass is 35.5. The summed E-state index contributed by atoms with van der Waals surface area (Å²) in [6.07, 6.45) is 1.20. The van der Waals surface area contributed by atoms with E-state index in [1.807, 2.05) is 6.92 Å². The fourth-order valence-electron chi connectivity index (χ4n) is 3.12. The third kappa shape index (κ3) is 5.24. The summed E-state index contributed by atoms with van der Waals surface area (Å²) in [5.74, 6) is -1.08. The second-order valence-electron chi connectivity index (χ2n) is 6.85. The van der Waals surface area contributed by atoms with E-state index in [0.717, 1.165) is 5.56 Å². The van der Waals surface area contributed by atoms with Crippen LogP contribution >= 0.6 is 11.6 Å². The zero-order valence-electron chi connectivity index (χ0n) is 16.8. The Morgan fingerprint density at radius 2 is 2.00 bits per heavy atom. The van der Waals surface area contributed by atoms with E-state index in [1.54, 1.807) is 24.3 Å². The quantitative estimate of drug-likeness (QED) is 0.615. The first-order valence-corrected chi connectivity index (χ1v) is 9.67. The van der Waals surface area contributed by atoms with E-state index in [4.69, 9.17) is 11.6 Å². The number of nitrogens with zero attached hydrogens (tertiary/aromatic N) is 3. The fourth-order valence-corrected chi connectivity index (χ4v) is 3.35. The Morgan fingerprint density at radius 3 is 2.68 bits per heavy atom. The standard InChI is InChI=1S/C23H18ClFN4O2/c1-14-8-16(13-26)10-18(9-14)29(15(2)30)22-11-17(6-7-27-22)28-23(31)12-19-20(24)4-3-5-21(19)25/h3-11H,12H2,1-2H3,(H,27,28,31). The van der Waals surface area contributed by atoms with Gasteiger partial charge in [0.1, 0.15) is 11.6 Å². The molecule has 0 unspecified atom stereocenters. The maximum absolute atomic E-state index is 13.9. The summed E-state index contributed by atoms with van der Waals surface area (Å²) in [6.45, 7) is 3.20. The number of nitriles is 1. The van der Waals surface area contributed by atoms with Crippen LogP contribution in [-0.4, -0.2) is 16.8 Å². The number of carbonyl (C=O) groups excluding carboxylic acids is 2. The monoisotopic (exact) mass is 436 g/mol. The lowest BCUT2D eigenvalue weighted by Gasteiger charge is -2.21. The van der Waals surface area contributed by atoms with Crippen LogP contribution in [-0.2, 0) is 16.0 Å². The summed E-state index contributed by atoms with van der Waals surface area (Å²) >= 11 is 5.99. The number of aryl methyl sites for hydroxylation is 1. The third-order valence-electron chi connectivity index (χ3n) is 4.42. The predicted octanol–water partition coefficient (Wildman–Crippen LogP) is 4.92. The number of amides is 2. The predicted molar refractivity (Wildman–Crippen MR) is 117 cm³/mol. The maximum Gasteiger partial charge on any atom is 0.229 e. The minimum absolute atomic E-state index is 0.102. The molecule has 2 aromatic carbocycles. The molecule has 0 fully saturated rings. The number of carbonyl (C=O) groups is 2. The number of aromatic nitrogens is 1. The summed E-state index contributed by atoms with van der Waals surface area (Å²) in [5, 5.41) is 12.1. The summed E-state index contributed by atoms with van der Waals surface area (Å²) in [7, 11) is 0. The fraction of sp³-hybridized carbons (Fsp3) is 0.130. The average Bonchev–Trinajstić information content (AvgIpc) is 2.70. The van der Waals surface area contributed by atoms with Crippen LogP contribution in [0.15, 0.2) is 54.7 Å². The van der Waals surface area contributed by atoms with Gasteiger partial charge in [-0.05, 0) is 48.9 Å². The number of anilines is 3. The van der Waals surface area contributed by atoms with Crippen LogP contribution in [0.1, 0.15) is 23.6 Å². The first kappa shape index (κ1) is 21.9. The number of halogens is 2. The summed E-state index contributed by atoms with van der Waals surface area (Å²) in [6, 6.07) is 14.4. The molecule has 0 atom stereocenters. The van der Waals surface area contributed by atoms with Gasteiger partial charge in [0.05, 0.1) is 23.7 Å². The second-order valence-corrected chi connectivity index (χ2v) is 7.26. The molecule has 0 aliphatic heterocycles. The molecule has 1 N–H and O–H groups in total. The average molecular weight is 437 g/mol. The molecule has 31 heavy (non-hydrogen) atoms. The third-order valence-corrected chi connectivity index (χ3v) is 4.78. The summed E-state index contributed by atoms with van der Waals surface area (Å²) < 4.78 is 13.9. The maximum atomic E-state index is 13.9. The lowest BCUT2D eigenvalue weighted by molar-refractivity contribution is -0.116. The normalized spacial score (nSPS) is 10.3. The number of hydrogen-bond acceptors (Lipinski definition) is 4. The zero-order valence-corrected chi connectivity index (χ0v) is 17.6.